The van der Waals surface area contributed by atoms with Gasteiger partial charge in [-0.15, -0.1) is 0 Å². The second-order valence-corrected chi connectivity index (χ2v) is 11.1. The van der Waals surface area contributed by atoms with Gasteiger partial charge in [-0.1, -0.05) is 30.3 Å². The molecule has 0 bridgehead atoms. The van der Waals surface area contributed by atoms with E-state index in [2.05, 4.69) is 16.3 Å². The van der Waals surface area contributed by atoms with E-state index in [1.807, 2.05) is 58.0 Å². The molecule has 39 heavy (non-hydrogen) atoms. The highest BCUT2D eigenvalue weighted by Crippen LogP contribution is 2.25. The molecule has 2 aliphatic rings. The van der Waals surface area contributed by atoms with E-state index in [0.717, 1.165) is 18.4 Å². The number of alkyl carbamates (subject to hydrolysis) is 1. The van der Waals surface area contributed by atoms with Gasteiger partial charge in [0.25, 0.3) is 5.91 Å². The Labute approximate surface area is 231 Å². The molecular weight excluding hydrogens is 499 g/mol. The van der Waals surface area contributed by atoms with Crippen LogP contribution in [0.5, 0.6) is 0 Å². The first-order valence-electron chi connectivity index (χ1n) is 13.7. The summed E-state index contributed by atoms with van der Waals surface area (Å²) in [6, 6.07) is 11.3. The van der Waals surface area contributed by atoms with Crippen molar-refractivity contribution >= 4 is 19.1 Å². The van der Waals surface area contributed by atoms with Crippen molar-refractivity contribution in [2.45, 2.75) is 83.2 Å². The van der Waals surface area contributed by atoms with E-state index in [9.17, 15) is 24.9 Å². The third-order valence-corrected chi connectivity index (χ3v) is 7.23. The monoisotopic (exact) mass is 540 g/mol. The molecule has 0 radical (unpaired) electrons. The molecule has 1 aromatic rings. The molecule has 0 aliphatic carbocycles. The number of morpholine rings is 1. The van der Waals surface area contributed by atoms with Gasteiger partial charge in [0.1, 0.15) is 17.7 Å². The van der Waals surface area contributed by atoms with Crippen molar-refractivity contribution in [3.05, 3.63) is 47.5 Å². The Bertz CT molecular complexity index is 1030. The Kier molecular flexibility index (Phi) is 11.0. The molecular formula is C28H41BN4O6. The summed E-state index contributed by atoms with van der Waals surface area (Å²) in [6.45, 7) is 10.0. The van der Waals surface area contributed by atoms with Gasteiger partial charge in [-0.2, -0.15) is 5.26 Å². The Morgan fingerprint density at radius 2 is 1.87 bits per heavy atom. The zero-order valence-electron chi connectivity index (χ0n) is 23.4. The molecule has 0 aromatic heterocycles. The Hall–Kier alpha value is -2.91. The van der Waals surface area contributed by atoms with E-state index in [0.29, 0.717) is 26.1 Å². The van der Waals surface area contributed by atoms with Gasteiger partial charge in [-0.25, -0.2) is 4.79 Å². The van der Waals surface area contributed by atoms with Gasteiger partial charge >= 0.3 is 13.2 Å². The van der Waals surface area contributed by atoms with Gasteiger partial charge in [-0.3, -0.25) is 9.69 Å². The molecule has 2 amide bonds. The maximum absolute atomic E-state index is 13.4. The van der Waals surface area contributed by atoms with E-state index in [1.165, 1.54) is 0 Å². The van der Waals surface area contributed by atoms with Gasteiger partial charge in [-0.05, 0) is 65.0 Å². The highest BCUT2D eigenvalue weighted by atomic mass is 16.6. The molecule has 2 heterocycles. The second-order valence-electron chi connectivity index (χ2n) is 11.1. The van der Waals surface area contributed by atoms with Crippen molar-refractivity contribution in [2.24, 2.45) is 0 Å². The zero-order valence-corrected chi connectivity index (χ0v) is 23.4. The zero-order chi connectivity index (χ0) is 28.6. The number of benzene rings is 1. The van der Waals surface area contributed by atoms with E-state index in [1.54, 1.807) is 11.0 Å². The maximum Gasteiger partial charge on any atom is 0.475 e. The lowest BCUT2D eigenvalue weighted by atomic mass is 9.76. The number of rotatable bonds is 8. The predicted molar refractivity (Wildman–Crippen MR) is 147 cm³/mol. The fraction of sp³-hybridized carbons (Fsp3) is 0.607. The fourth-order valence-corrected chi connectivity index (χ4v) is 5.22. The molecule has 10 nitrogen and oxygen atoms in total. The first kappa shape index (κ1) is 30.6. The number of carbonyl (C=O) groups is 2. The summed E-state index contributed by atoms with van der Waals surface area (Å²) in [5, 5.41) is 32.0. The van der Waals surface area contributed by atoms with E-state index in [4.69, 9.17) is 9.47 Å². The van der Waals surface area contributed by atoms with Crippen LogP contribution in [0.25, 0.3) is 0 Å². The summed E-state index contributed by atoms with van der Waals surface area (Å²) in [4.78, 5) is 29.9. The number of hydrogen-bond donors (Lipinski definition) is 3. The maximum atomic E-state index is 13.4. The van der Waals surface area contributed by atoms with Crippen LogP contribution in [0.2, 0.25) is 0 Å². The van der Waals surface area contributed by atoms with Crippen molar-refractivity contribution in [3.8, 4) is 6.07 Å². The number of nitrogens with zero attached hydrogens (tertiary/aromatic N) is 3. The van der Waals surface area contributed by atoms with Gasteiger partial charge in [0, 0.05) is 25.2 Å². The Morgan fingerprint density at radius 3 is 2.49 bits per heavy atom. The standard InChI is InChI=1S/C28H41BN4O6/c1-20-17-33(18-21(2)38-20)28(3,4)15-23(16-30)26(34)32-13-9-8-12-24(19-32)39-27(35)31-25(29(36)37)14-22-10-6-5-7-11-22/h5-7,10-11,15,20-21,24-25,36-37H,8-9,12-14,17-19H2,1-4H3,(H,31,35)/t20-,21-,24-,25?/m1/s1. The highest BCUT2D eigenvalue weighted by Gasteiger charge is 2.34. The first-order chi connectivity index (χ1) is 18.5. The van der Waals surface area contributed by atoms with E-state index >= 15 is 0 Å². The molecule has 11 heteroatoms. The highest BCUT2D eigenvalue weighted by molar-refractivity contribution is 6.43. The lowest BCUT2D eigenvalue weighted by Crippen LogP contribution is -2.54. The van der Waals surface area contributed by atoms with Crippen molar-refractivity contribution in [1.82, 2.24) is 15.1 Å². The lowest BCUT2D eigenvalue weighted by Gasteiger charge is -2.43. The number of amides is 2. The topological polar surface area (TPSA) is 135 Å². The number of nitrogens with one attached hydrogen (secondary N) is 1. The minimum absolute atomic E-state index is 0.0524. The van der Waals surface area contributed by atoms with Gasteiger partial charge in [0.2, 0.25) is 0 Å². The van der Waals surface area contributed by atoms with Crippen LogP contribution in [-0.2, 0) is 20.7 Å². The first-order valence-corrected chi connectivity index (χ1v) is 13.7. The van der Waals surface area contributed by atoms with Gasteiger partial charge < -0.3 is 29.7 Å². The van der Waals surface area contributed by atoms with Crippen LogP contribution in [0, 0.1) is 11.3 Å². The SMILES string of the molecule is C[C@@H]1CN(C(C)(C)C=C(C#N)C(=O)N2CCCC[C@@H](OC(=O)NC(Cc3ccccc3)B(O)O)C2)C[C@@H](C)O1. The number of likely N-dealkylation sites (tertiary alicyclic amines) is 1. The number of ether oxygens (including phenoxy) is 2. The predicted octanol–water partition coefficient (Wildman–Crippen LogP) is 2.05. The number of nitriles is 1. The summed E-state index contributed by atoms with van der Waals surface area (Å²) in [6.07, 6.45) is 2.71. The molecule has 1 aromatic carbocycles. The molecule has 2 fully saturated rings. The van der Waals surface area contributed by atoms with Crippen LogP contribution in [0.15, 0.2) is 42.0 Å². The molecule has 1 unspecified atom stereocenters. The third-order valence-electron chi connectivity index (χ3n) is 7.23. The molecule has 212 valence electrons. The summed E-state index contributed by atoms with van der Waals surface area (Å²) in [5.74, 6) is -1.34. The van der Waals surface area contributed by atoms with Gasteiger partial charge in [0.05, 0.1) is 24.7 Å². The second kappa shape index (κ2) is 13.9. The fourth-order valence-electron chi connectivity index (χ4n) is 5.22. The minimum atomic E-state index is -1.77. The van der Waals surface area contributed by atoms with E-state index in [-0.39, 0.29) is 36.7 Å². The average Bonchev–Trinajstić information content (AvgIpc) is 3.12. The molecule has 3 N–H and O–H groups in total. The molecule has 2 aliphatic heterocycles. The van der Waals surface area contributed by atoms with Crippen molar-refractivity contribution in [3.63, 3.8) is 0 Å². The molecule has 3 rings (SSSR count). The number of carbonyl (C=O) groups excluding carboxylic acids is 2. The van der Waals surface area contributed by atoms with Gasteiger partial charge in [0.15, 0.2) is 0 Å². The third kappa shape index (κ3) is 9.07. The van der Waals surface area contributed by atoms with Crippen LogP contribution < -0.4 is 5.32 Å². The van der Waals surface area contributed by atoms with E-state index < -0.39 is 30.8 Å². The lowest BCUT2D eigenvalue weighted by molar-refractivity contribution is -0.128. The largest absolute Gasteiger partial charge is 0.475 e. The normalized spacial score (nSPS) is 23.8. The summed E-state index contributed by atoms with van der Waals surface area (Å²) in [5.41, 5.74) is 0.359. The average molecular weight is 540 g/mol. The summed E-state index contributed by atoms with van der Waals surface area (Å²) < 4.78 is 11.4. The molecule has 0 spiro atoms. The number of hydrogen-bond acceptors (Lipinski definition) is 8. The smallest absolute Gasteiger partial charge is 0.444 e. The van der Waals surface area contributed by atoms with Crippen LogP contribution in [-0.4, -0.2) is 94.9 Å². The Balaban J connectivity index is 1.64. The molecule has 0 saturated carbocycles. The van der Waals surface area contributed by atoms with Crippen molar-refractivity contribution in [2.75, 3.05) is 26.2 Å². The molecule has 2 saturated heterocycles. The molecule has 4 atom stereocenters. The minimum Gasteiger partial charge on any atom is -0.444 e. The summed E-state index contributed by atoms with van der Waals surface area (Å²) >= 11 is 0. The van der Waals surface area contributed by atoms with Crippen LogP contribution in [0.1, 0.15) is 52.5 Å². The summed E-state index contributed by atoms with van der Waals surface area (Å²) in [7, 11) is -1.77. The van der Waals surface area contributed by atoms with Crippen LogP contribution >= 0.6 is 0 Å². The quantitative estimate of drug-likeness (QED) is 0.259. The van der Waals surface area contributed by atoms with Crippen molar-refractivity contribution in [1.29, 1.82) is 5.26 Å². The van der Waals surface area contributed by atoms with Crippen LogP contribution in [0.4, 0.5) is 4.79 Å². The van der Waals surface area contributed by atoms with Crippen LogP contribution in [0.3, 0.4) is 0 Å². The van der Waals surface area contributed by atoms with Crippen molar-refractivity contribution < 1.29 is 29.1 Å². The Morgan fingerprint density at radius 1 is 1.21 bits per heavy atom.